The molecule has 2 aromatic heterocycles. The third-order valence-corrected chi connectivity index (χ3v) is 5.15. The molecule has 22 heavy (non-hydrogen) atoms. The van der Waals surface area contributed by atoms with Crippen molar-refractivity contribution in [3.05, 3.63) is 17.5 Å². The zero-order valence-electron chi connectivity index (χ0n) is 12.1. The number of hydrogen-bond donors (Lipinski definition) is 0. The predicted octanol–water partition coefficient (Wildman–Crippen LogP) is 1.95. The van der Waals surface area contributed by atoms with Crippen molar-refractivity contribution in [2.24, 2.45) is 12.2 Å². The number of hydrogen-bond acceptors (Lipinski definition) is 8. The number of oxime groups is 1. The third-order valence-electron chi connectivity index (χ3n) is 3.13. The molecule has 0 saturated heterocycles. The summed E-state index contributed by atoms with van der Waals surface area (Å²) in [6.45, 7) is 0. The van der Waals surface area contributed by atoms with Crippen LogP contribution in [0.15, 0.2) is 27.8 Å². The molecular weight excluding hydrogens is 324 g/mol. The molecule has 1 aliphatic rings. The Morgan fingerprint density at radius 1 is 1.59 bits per heavy atom. The Bertz CT molecular complexity index is 696. The van der Waals surface area contributed by atoms with Crippen molar-refractivity contribution < 1.29 is 14.4 Å². The minimum Gasteiger partial charge on any atom is -0.464 e. The number of carbonyl (C=O) groups excluding carboxylic acids is 1. The normalized spacial score (nSPS) is 17.2. The summed E-state index contributed by atoms with van der Waals surface area (Å²) in [6, 6.07) is 4.00. The smallest absolute Gasteiger partial charge is 0.355 e. The van der Waals surface area contributed by atoms with E-state index in [0.29, 0.717) is 17.9 Å². The number of aromatic nitrogens is 3. The first-order chi connectivity index (χ1) is 10.7. The van der Waals surface area contributed by atoms with Gasteiger partial charge in [-0.25, -0.2) is 4.79 Å². The number of nitrogens with zero attached hydrogens (tertiary/aromatic N) is 4. The van der Waals surface area contributed by atoms with Crippen molar-refractivity contribution in [1.82, 2.24) is 14.8 Å². The van der Waals surface area contributed by atoms with Gasteiger partial charge in [-0.1, -0.05) is 23.0 Å². The lowest BCUT2D eigenvalue weighted by Crippen LogP contribution is -2.18. The molecule has 1 atom stereocenters. The SMILES string of the molecule is COC(=O)C1=NO[C@@H](CSc2nnc(-c3cccs3)n2C)C1. The van der Waals surface area contributed by atoms with Crippen LogP contribution in [0.3, 0.4) is 0 Å². The Balaban J connectivity index is 1.59. The molecule has 0 aliphatic carbocycles. The zero-order chi connectivity index (χ0) is 15.5. The quantitative estimate of drug-likeness (QED) is 0.612. The largest absolute Gasteiger partial charge is 0.464 e. The van der Waals surface area contributed by atoms with Gasteiger partial charge in [0.15, 0.2) is 16.7 Å². The Labute approximate surface area is 135 Å². The van der Waals surface area contributed by atoms with Gasteiger partial charge in [-0.05, 0) is 11.4 Å². The fourth-order valence-electron chi connectivity index (χ4n) is 1.98. The molecule has 0 saturated carbocycles. The van der Waals surface area contributed by atoms with E-state index in [9.17, 15) is 4.79 Å². The molecule has 9 heteroatoms. The Morgan fingerprint density at radius 2 is 2.45 bits per heavy atom. The summed E-state index contributed by atoms with van der Waals surface area (Å²) < 4.78 is 6.58. The molecule has 0 amide bonds. The molecule has 0 unspecified atom stereocenters. The summed E-state index contributed by atoms with van der Waals surface area (Å²) in [5.41, 5.74) is 0.324. The molecule has 1 aliphatic heterocycles. The molecule has 3 rings (SSSR count). The van der Waals surface area contributed by atoms with E-state index in [-0.39, 0.29) is 6.10 Å². The molecule has 0 N–H and O–H groups in total. The van der Waals surface area contributed by atoms with Crippen LogP contribution in [-0.4, -0.2) is 45.4 Å². The highest BCUT2D eigenvalue weighted by atomic mass is 32.2. The van der Waals surface area contributed by atoms with Gasteiger partial charge in [0.25, 0.3) is 0 Å². The highest BCUT2D eigenvalue weighted by molar-refractivity contribution is 7.99. The first kappa shape index (κ1) is 15.0. The maximum Gasteiger partial charge on any atom is 0.355 e. The molecule has 0 spiro atoms. The molecule has 0 radical (unpaired) electrons. The van der Waals surface area contributed by atoms with Gasteiger partial charge < -0.3 is 14.1 Å². The summed E-state index contributed by atoms with van der Waals surface area (Å²) in [5, 5.41) is 15.0. The number of carbonyl (C=O) groups is 1. The number of rotatable bonds is 5. The van der Waals surface area contributed by atoms with Crippen molar-refractivity contribution in [1.29, 1.82) is 0 Å². The van der Waals surface area contributed by atoms with Crippen LogP contribution in [-0.2, 0) is 21.4 Å². The van der Waals surface area contributed by atoms with E-state index < -0.39 is 5.97 Å². The standard InChI is InChI=1S/C13H14N4O3S2/c1-17-11(10-4-3-5-21-10)14-15-13(17)22-7-8-6-9(16-20-8)12(18)19-2/h3-5,8H,6-7H2,1-2H3/t8-/m1/s1. The van der Waals surface area contributed by atoms with Crippen LogP contribution < -0.4 is 0 Å². The first-order valence-corrected chi connectivity index (χ1v) is 8.42. The second-order valence-corrected chi connectivity index (χ2v) is 6.55. The number of thioether (sulfide) groups is 1. The Kier molecular flexibility index (Phi) is 4.44. The van der Waals surface area contributed by atoms with Gasteiger partial charge in [-0.3, -0.25) is 0 Å². The summed E-state index contributed by atoms with van der Waals surface area (Å²) in [7, 11) is 3.27. The number of esters is 1. The van der Waals surface area contributed by atoms with Crippen molar-refractivity contribution >= 4 is 34.8 Å². The topological polar surface area (TPSA) is 78.6 Å². The molecular formula is C13H14N4O3S2. The van der Waals surface area contributed by atoms with Gasteiger partial charge in [0.05, 0.1) is 12.0 Å². The van der Waals surface area contributed by atoms with Crippen molar-refractivity contribution in [2.45, 2.75) is 17.7 Å². The third kappa shape index (κ3) is 3.00. The van der Waals surface area contributed by atoms with Crippen LogP contribution in [0.5, 0.6) is 0 Å². The van der Waals surface area contributed by atoms with Gasteiger partial charge in [-0.2, -0.15) is 0 Å². The van der Waals surface area contributed by atoms with Gasteiger partial charge >= 0.3 is 5.97 Å². The fraction of sp³-hybridized carbons (Fsp3) is 0.385. The van der Waals surface area contributed by atoms with Gasteiger partial charge in [0.2, 0.25) is 0 Å². The molecule has 0 aromatic carbocycles. The van der Waals surface area contributed by atoms with E-state index >= 15 is 0 Å². The maximum atomic E-state index is 11.4. The maximum absolute atomic E-state index is 11.4. The average molecular weight is 338 g/mol. The number of ether oxygens (including phenoxy) is 1. The van der Waals surface area contributed by atoms with Crippen molar-refractivity contribution in [3.63, 3.8) is 0 Å². The number of thiophene rings is 1. The van der Waals surface area contributed by atoms with E-state index in [1.54, 1.807) is 11.3 Å². The van der Waals surface area contributed by atoms with Crippen LogP contribution in [0, 0.1) is 0 Å². The molecule has 7 nitrogen and oxygen atoms in total. The second kappa shape index (κ2) is 6.49. The van der Waals surface area contributed by atoms with Crippen LogP contribution >= 0.6 is 23.1 Å². The molecule has 2 aromatic rings. The van der Waals surface area contributed by atoms with Gasteiger partial charge in [-0.15, -0.1) is 21.5 Å². The van der Waals surface area contributed by atoms with Crippen LogP contribution in [0.1, 0.15) is 6.42 Å². The second-order valence-electron chi connectivity index (χ2n) is 4.61. The Morgan fingerprint density at radius 3 is 3.18 bits per heavy atom. The van der Waals surface area contributed by atoms with E-state index in [1.807, 2.05) is 29.1 Å². The van der Waals surface area contributed by atoms with E-state index in [1.165, 1.54) is 18.9 Å². The highest BCUT2D eigenvalue weighted by Gasteiger charge is 2.27. The van der Waals surface area contributed by atoms with E-state index in [0.717, 1.165) is 15.9 Å². The predicted molar refractivity (Wildman–Crippen MR) is 84.0 cm³/mol. The lowest BCUT2D eigenvalue weighted by atomic mass is 10.2. The van der Waals surface area contributed by atoms with E-state index in [4.69, 9.17) is 4.84 Å². The first-order valence-electron chi connectivity index (χ1n) is 6.56. The Hall–Kier alpha value is -1.87. The number of methoxy groups -OCH3 is 1. The monoisotopic (exact) mass is 338 g/mol. The average Bonchev–Trinajstić information content (AvgIpc) is 3.25. The van der Waals surface area contributed by atoms with E-state index in [2.05, 4.69) is 20.1 Å². The van der Waals surface area contributed by atoms with Gasteiger partial charge in [0, 0.05) is 19.2 Å². The van der Waals surface area contributed by atoms with Crippen LogP contribution in [0.2, 0.25) is 0 Å². The lowest BCUT2D eigenvalue weighted by Gasteiger charge is -2.07. The van der Waals surface area contributed by atoms with Crippen LogP contribution in [0.25, 0.3) is 10.7 Å². The zero-order valence-corrected chi connectivity index (χ0v) is 13.7. The minimum absolute atomic E-state index is 0.152. The molecule has 0 fully saturated rings. The van der Waals surface area contributed by atoms with Crippen molar-refractivity contribution in [2.75, 3.05) is 12.9 Å². The molecule has 0 bridgehead atoms. The summed E-state index contributed by atoms with van der Waals surface area (Å²) in [4.78, 5) is 17.7. The summed E-state index contributed by atoms with van der Waals surface area (Å²) in [6.07, 6.45) is 0.302. The molecule has 3 heterocycles. The summed E-state index contributed by atoms with van der Waals surface area (Å²) in [5.74, 6) is 1.04. The van der Waals surface area contributed by atoms with Crippen molar-refractivity contribution in [3.8, 4) is 10.7 Å². The van der Waals surface area contributed by atoms with Crippen LogP contribution in [0.4, 0.5) is 0 Å². The lowest BCUT2D eigenvalue weighted by molar-refractivity contribution is -0.132. The highest BCUT2D eigenvalue weighted by Crippen LogP contribution is 2.27. The fourth-order valence-corrected chi connectivity index (χ4v) is 3.62. The summed E-state index contributed by atoms with van der Waals surface area (Å²) >= 11 is 3.15. The minimum atomic E-state index is -0.439. The van der Waals surface area contributed by atoms with Gasteiger partial charge in [0.1, 0.15) is 6.10 Å². The molecule has 116 valence electrons.